The van der Waals surface area contributed by atoms with Gasteiger partial charge >= 0.3 is 0 Å². The lowest BCUT2D eigenvalue weighted by Gasteiger charge is -2.34. The Morgan fingerprint density at radius 2 is 2.35 bits per heavy atom. The smallest absolute Gasteiger partial charge is 0.131 e. The molecule has 1 aromatic heterocycles. The van der Waals surface area contributed by atoms with E-state index in [1.165, 1.54) is 0 Å². The summed E-state index contributed by atoms with van der Waals surface area (Å²) in [7, 11) is 0. The SMILES string of the molecule is CCc1nc(Br)cc(NC2(C)CCCOC2)n1. The van der Waals surface area contributed by atoms with Gasteiger partial charge in [0, 0.05) is 19.1 Å². The third-order valence-corrected chi connectivity index (χ3v) is 3.33. The van der Waals surface area contributed by atoms with Gasteiger partial charge in [-0.1, -0.05) is 6.92 Å². The summed E-state index contributed by atoms with van der Waals surface area (Å²) < 4.78 is 6.35. The fourth-order valence-corrected chi connectivity index (χ4v) is 2.45. The molecule has 1 fully saturated rings. The molecule has 2 rings (SSSR count). The summed E-state index contributed by atoms with van der Waals surface area (Å²) in [6.07, 6.45) is 3.04. The zero-order valence-electron chi connectivity index (χ0n) is 10.3. The van der Waals surface area contributed by atoms with Gasteiger partial charge in [-0.15, -0.1) is 0 Å². The fourth-order valence-electron chi connectivity index (χ4n) is 2.03. The molecule has 2 heterocycles. The largest absolute Gasteiger partial charge is 0.379 e. The molecule has 1 aromatic rings. The molecule has 0 amide bonds. The summed E-state index contributed by atoms with van der Waals surface area (Å²) in [5.74, 6) is 1.72. The highest BCUT2D eigenvalue weighted by molar-refractivity contribution is 9.10. The lowest BCUT2D eigenvalue weighted by Crippen LogP contribution is -2.43. The average molecular weight is 300 g/mol. The van der Waals surface area contributed by atoms with Crippen LogP contribution in [0.4, 0.5) is 5.82 Å². The van der Waals surface area contributed by atoms with Crippen LogP contribution in [0.2, 0.25) is 0 Å². The quantitative estimate of drug-likeness (QED) is 0.872. The number of aromatic nitrogens is 2. The number of halogens is 1. The first-order valence-electron chi connectivity index (χ1n) is 6.01. The lowest BCUT2D eigenvalue weighted by molar-refractivity contribution is 0.0539. The van der Waals surface area contributed by atoms with Crippen molar-refractivity contribution in [1.82, 2.24) is 9.97 Å². The van der Waals surface area contributed by atoms with E-state index in [2.05, 4.69) is 45.1 Å². The monoisotopic (exact) mass is 299 g/mol. The minimum absolute atomic E-state index is 0.0168. The number of hydrogen-bond acceptors (Lipinski definition) is 4. The number of nitrogens with zero attached hydrogens (tertiary/aromatic N) is 2. The van der Waals surface area contributed by atoms with Crippen LogP contribution in [0.1, 0.15) is 32.5 Å². The average Bonchev–Trinajstić information content (AvgIpc) is 2.28. The first-order valence-corrected chi connectivity index (χ1v) is 6.80. The Morgan fingerprint density at radius 3 is 3.00 bits per heavy atom. The van der Waals surface area contributed by atoms with Crippen LogP contribution in [0.25, 0.3) is 0 Å². The normalized spacial score (nSPS) is 24.6. The molecular formula is C12H18BrN3O. The minimum atomic E-state index is -0.0168. The highest BCUT2D eigenvalue weighted by Gasteiger charge is 2.27. The molecule has 0 bridgehead atoms. The second kappa shape index (κ2) is 5.31. The van der Waals surface area contributed by atoms with Gasteiger partial charge in [0.1, 0.15) is 16.2 Å². The van der Waals surface area contributed by atoms with E-state index in [1.807, 2.05) is 6.07 Å². The van der Waals surface area contributed by atoms with Crippen LogP contribution < -0.4 is 5.32 Å². The molecule has 0 aliphatic carbocycles. The fraction of sp³-hybridized carbons (Fsp3) is 0.667. The van der Waals surface area contributed by atoms with Crippen molar-refractivity contribution >= 4 is 21.7 Å². The molecule has 1 atom stereocenters. The van der Waals surface area contributed by atoms with Crippen LogP contribution >= 0.6 is 15.9 Å². The summed E-state index contributed by atoms with van der Waals surface area (Å²) in [5.41, 5.74) is -0.0168. The topological polar surface area (TPSA) is 47.0 Å². The second-order valence-corrected chi connectivity index (χ2v) is 5.50. The van der Waals surface area contributed by atoms with Crippen LogP contribution in [0.3, 0.4) is 0 Å². The predicted molar refractivity (Wildman–Crippen MR) is 71.2 cm³/mol. The van der Waals surface area contributed by atoms with Crippen molar-refractivity contribution in [3.05, 3.63) is 16.5 Å². The molecule has 94 valence electrons. The molecule has 0 spiro atoms. The molecule has 1 unspecified atom stereocenters. The number of hydrogen-bond donors (Lipinski definition) is 1. The highest BCUT2D eigenvalue weighted by atomic mass is 79.9. The molecule has 1 N–H and O–H groups in total. The maximum atomic E-state index is 5.53. The summed E-state index contributed by atoms with van der Waals surface area (Å²) in [5, 5.41) is 3.47. The number of nitrogens with one attached hydrogen (secondary N) is 1. The summed E-state index contributed by atoms with van der Waals surface area (Å²) >= 11 is 3.41. The van der Waals surface area contributed by atoms with Crippen LogP contribution in [0.5, 0.6) is 0 Å². The van der Waals surface area contributed by atoms with Gasteiger partial charge in [-0.05, 0) is 35.7 Å². The summed E-state index contributed by atoms with van der Waals surface area (Å²) in [4.78, 5) is 8.79. The second-order valence-electron chi connectivity index (χ2n) is 4.69. The number of rotatable bonds is 3. The molecule has 0 aromatic carbocycles. The van der Waals surface area contributed by atoms with Crippen LogP contribution in [-0.4, -0.2) is 28.7 Å². The first-order chi connectivity index (χ1) is 8.11. The molecule has 5 heteroatoms. The molecular weight excluding hydrogens is 282 g/mol. The summed E-state index contributed by atoms with van der Waals surface area (Å²) in [6.45, 7) is 5.83. The van der Waals surface area contributed by atoms with Crippen molar-refractivity contribution in [1.29, 1.82) is 0 Å². The standard InChI is InChI=1S/C12H18BrN3O/c1-3-10-14-9(13)7-11(15-10)16-12(2)5-4-6-17-8-12/h7H,3-6,8H2,1-2H3,(H,14,15,16). The van der Waals surface area contributed by atoms with Gasteiger partial charge < -0.3 is 10.1 Å². The van der Waals surface area contributed by atoms with Crippen molar-refractivity contribution in [2.45, 2.75) is 38.6 Å². The van der Waals surface area contributed by atoms with Gasteiger partial charge in [-0.25, -0.2) is 9.97 Å². The van der Waals surface area contributed by atoms with Crippen LogP contribution in [-0.2, 0) is 11.2 Å². The Labute approximate surface area is 110 Å². The molecule has 0 radical (unpaired) electrons. The minimum Gasteiger partial charge on any atom is -0.379 e. The molecule has 1 aliphatic rings. The Balaban J connectivity index is 2.14. The number of ether oxygens (including phenoxy) is 1. The first kappa shape index (κ1) is 12.8. The zero-order valence-corrected chi connectivity index (χ0v) is 11.9. The summed E-state index contributed by atoms with van der Waals surface area (Å²) in [6, 6.07) is 1.92. The van der Waals surface area contributed by atoms with Crippen molar-refractivity contribution in [2.24, 2.45) is 0 Å². The maximum Gasteiger partial charge on any atom is 0.131 e. The number of anilines is 1. The molecule has 0 saturated carbocycles. The van der Waals surface area contributed by atoms with Crippen LogP contribution in [0.15, 0.2) is 10.7 Å². The zero-order chi connectivity index (χ0) is 12.3. The van der Waals surface area contributed by atoms with Gasteiger partial charge in [0.05, 0.1) is 12.1 Å². The van der Waals surface area contributed by atoms with Crippen molar-refractivity contribution in [2.75, 3.05) is 18.5 Å². The third kappa shape index (κ3) is 3.39. The molecule has 4 nitrogen and oxygen atoms in total. The van der Waals surface area contributed by atoms with Crippen LogP contribution in [0, 0.1) is 0 Å². The Hall–Kier alpha value is -0.680. The van der Waals surface area contributed by atoms with E-state index in [-0.39, 0.29) is 5.54 Å². The van der Waals surface area contributed by atoms with E-state index in [1.54, 1.807) is 0 Å². The van der Waals surface area contributed by atoms with E-state index >= 15 is 0 Å². The Bertz CT molecular complexity index is 391. The third-order valence-electron chi connectivity index (χ3n) is 2.93. The van der Waals surface area contributed by atoms with Gasteiger partial charge in [0.2, 0.25) is 0 Å². The Kier molecular flexibility index (Phi) is 3.99. The predicted octanol–water partition coefficient (Wildman–Crippen LogP) is 2.78. The van der Waals surface area contributed by atoms with Gasteiger partial charge in [-0.2, -0.15) is 0 Å². The van der Waals surface area contributed by atoms with Gasteiger partial charge in [-0.3, -0.25) is 0 Å². The van der Waals surface area contributed by atoms with E-state index in [9.17, 15) is 0 Å². The molecule has 1 saturated heterocycles. The van der Waals surface area contributed by atoms with Crippen molar-refractivity contribution < 1.29 is 4.74 Å². The van der Waals surface area contributed by atoms with Crippen molar-refractivity contribution in [3.8, 4) is 0 Å². The van der Waals surface area contributed by atoms with E-state index < -0.39 is 0 Å². The highest BCUT2D eigenvalue weighted by Crippen LogP contribution is 2.24. The molecule has 1 aliphatic heterocycles. The van der Waals surface area contributed by atoms with Gasteiger partial charge in [0.25, 0.3) is 0 Å². The van der Waals surface area contributed by atoms with E-state index in [0.717, 1.165) is 48.7 Å². The van der Waals surface area contributed by atoms with Gasteiger partial charge in [0.15, 0.2) is 0 Å². The Morgan fingerprint density at radius 1 is 1.53 bits per heavy atom. The van der Waals surface area contributed by atoms with Crippen molar-refractivity contribution in [3.63, 3.8) is 0 Å². The molecule has 17 heavy (non-hydrogen) atoms. The lowest BCUT2D eigenvalue weighted by atomic mass is 9.95. The van der Waals surface area contributed by atoms with E-state index in [0.29, 0.717) is 0 Å². The van der Waals surface area contributed by atoms with E-state index in [4.69, 9.17) is 4.74 Å². The number of aryl methyl sites for hydroxylation is 1. The maximum absolute atomic E-state index is 5.53.